The van der Waals surface area contributed by atoms with Crippen LogP contribution >= 0.6 is 15.9 Å². The number of halogens is 3. The molecule has 0 amide bonds. The SMILES string of the molecule is CCCNc1cc(C(F)F)nc2c(OC)ccc(Br)c12. The zero-order valence-corrected chi connectivity index (χ0v) is 12.8. The average Bonchev–Trinajstić information content (AvgIpc) is 2.44. The van der Waals surface area contributed by atoms with Gasteiger partial charge in [0.2, 0.25) is 0 Å². The first kappa shape index (κ1) is 15.0. The maximum absolute atomic E-state index is 13.0. The summed E-state index contributed by atoms with van der Waals surface area (Å²) >= 11 is 3.44. The topological polar surface area (TPSA) is 34.2 Å². The van der Waals surface area contributed by atoms with Crippen molar-refractivity contribution in [1.29, 1.82) is 0 Å². The fourth-order valence-electron chi connectivity index (χ4n) is 1.97. The van der Waals surface area contributed by atoms with E-state index in [9.17, 15) is 8.78 Å². The molecule has 0 aliphatic heterocycles. The van der Waals surface area contributed by atoms with Gasteiger partial charge in [-0.1, -0.05) is 22.9 Å². The highest BCUT2D eigenvalue weighted by Crippen LogP contribution is 2.37. The van der Waals surface area contributed by atoms with Crippen molar-refractivity contribution in [3.05, 3.63) is 28.4 Å². The largest absolute Gasteiger partial charge is 0.494 e. The van der Waals surface area contributed by atoms with Crippen LogP contribution in [0.15, 0.2) is 22.7 Å². The van der Waals surface area contributed by atoms with E-state index in [-0.39, 0.29) is 5.69 Å². The molecule has 0 aliphatic rings. The molecule has 0 saturated heterocycles. The number of aromatic nitrogens is 1. The van der Waals surface area contributed by atoms with Gasteiger partial charge in [-0.05, 0) is 24.6 Å². The minimum absolute atomic E-state index is 0.257. The molecule has 0 atom stereocenters. The second-order valence-corrected chi connectivity index (χ2v) is 5.15. The van der Waals surface area contributed by atoms with E-state index in [0.717, 1.165) is 16.3 Å². The molecule has 20 heavy (non-hydrogen) atoms. The molecule has 108 valence electrons. The van der Waals surface area contributed by atoms with Gasteiger partial charge in [-0.25, -0.2) is 13.8 Å². The molecule has 0 bridgehead atoms. The van der Waals surface area contributed by atoms with Crippen molar-refractivity contribution in [2.45, 2.75) is 19.8 Å². The van der Waals surface area contributed by atoms with Crippen LogP contribution in [-0.2, 0) is 0 Å². The molecule has 1 N–H and O–H groups in total. The van der Waals surface area contributed by atoms with E-state index in [1.165, 1.54) is 13.2 Å². The Hall–Kier alpha value is -1.43. The number of methoxy groups -OCH3 is 1. The zero-order valence-electron chi connectivity index (χ0n) is 11.2. The van der Waals surface area contributed by atoms with E-state index < -0.39 is 6.43 Å². The molecular weight excluding hydrogens is 330 g/mol. The Morgan fingerprint density at radius 2 is 2.15 bits per heavy atom. The van der Waals surface area contributed by atoms with Gasteiger partial charge in [-0.3, -0.25) is 0 Å². The quantitative estimate of drug-likeness (QED) is 0.848. The maximum Gasteiger partial charge on any atom is 0.280 e. The van der Waals surface area contributed by atoms with Gasteiger partial charge in [-0.2, -0.15) is 0 Å². The molecule has 6 heteroatoms. The second-order valence-electron chi connectivity index (χ2n) is 4.30. The molecule has 2 aromatic rings. The molecule has 0 fully saturated rings. The van der Waals surface area contributed by atoms with Crippen LogP contribution in [0, 0.1) is 0 Å². The van der Waals surface area contributed by atoms with Crippen LogP contribution in [0.4, 0.5) is 14.5 Å². The first-order valence-electron chi connectivity index (χ1n) is 6.27. The number of ether oxygens (including phenoxy) is 1. The van der Waals surface area contributed by atoms with Gasteiger partial charge in [0.1, 0.15) is 17.0 Å². The van der Waals surface area contributed by atoms with Crippen LogP contribution in [-0.4, -0.2) is 18.6 Å². The monoisotopic (exact) mass is 344 g/mol. The Morgan fingerprint density at radius 1 is 1.40 bits per heavy atom. The van der Waals surface area contributed by atoms with E-state index in [1.807, 2.05) is 13.0 Å². The van der Waals surface area contributed by atoms with Crippen molar-refractivity contribution < 1.29 is 13.5 Å². The van der Waals surface area contributed by atoms with Crippen molar-refractivity contribution in [3.8, 4) is 5.75 Å². The molecule has 0 saturated carbocycles. The van der Waals surface area contributed by atoms with E-state index in [4.69, 9.17) is 4.74 Å². The number of hydrogen-bond donors (Lipinski definition) is 1. The number of fused-ring (bicyclic) bond motifs is 1. The third-order valence-corrected chi connectivity index (χ3v) is 3.56. The molecular formula is C14H15BrF2N2O. The van der Waals surface area contributed by atoms with Gasteiger partial charge in [0.05, 0.1) is 7.11 Å². The predicted octanol–water partition coefficient (Wildman–Crippen LogP) is 4.77. The summed E-state index contributed by atoms with van der Waals surface area (Å²) in [6.45, 7) is 2.71. The number of nitrogens with zero attached hydrogens (tertiary/aromatic N) is 1. The fraction of sp³-hybridized carbons (Fsp3) is 0.357. The summed E-state index contributed by atoms with van der Waals surface area (Å²) in [5.41, 5.74) is 0.809. The van der Waals surface area contributed by atoms with Crippen LogP contribution in [0.3, 0.4) is 0 Å². The van der Waals surface area contributed by atoms with Gasteiger partial charge in [0.15, 0.2) is 0 Å². The lowest BCUT2D eigenvalue weighted by atomic mass is 10.1. The van der Waals surface area contributed by atoms with Crippen molar-refractivity contribution in [2.24, 2.45) is 0 Å². The van der Waals surface area contributed by atoms with E-state index in [1.54, 1.807) is 6.07 Å². The second kappa shape index (κ2) is 6.35. The van der Waals surface area contributed by atoms with Crippen molar-refractivity contribution >= 4 is 32.5 Å². The van der Waals surface area contributed by atoms with Gasteiger partial charge >= 0.3 is 0 Å². The Labute approximate surface area is 124 Å². The van der Waals surface area contributed by atoms with Crippen LogP contribution in [0.2, 0.25) is 0 Å². The normalized spacial score (nSPS) is 11.1. The molecule has 0 spiro atoms. The summed E-state index contributed by atoms with van der Waals surface area (Å²) in [6.07, 6.45) is -1.72. The summed E-state index contributed by atoms with van der Waals surface area (Å²) < 4.78 is 32.0. The number of hydrogen-bond acceptors (Lipinski definition) is 3. The number of benzene rings is 1. The minimum atomic E-state index is -2.62. The summed E-state index contributed by atoms with van der Waals surface area (Å²) in [6, 6.07) is 4.92. The number of alkyl halides is 2. The minimum Gasteiger partial charge on any atom is -0.494 e. The summed E-state index contributed by atoms with van der Waals surface area (Å²) in [5.74, 6) is 0.477. The Kier molecular flexibility index (Phi) is 4.75. The Balaban J connectivity index is 2.72. The van der Waals surface area contributed by atoms with E-state index in [0.29, 0.717) is 23.5 Å². The van der Waals surface area contributed by atoms with Crippen LogP contribution in [0.25, 0.3) is 10.9 Å². The van der Waals surface area contributed by atoms with Crippen molar-refractivity contribution in [1.82, 2.24) is 4.98 Å². The smallest absolute Gasteiger partial charge is 0.280 e. The lowest BCUT2D eigenvalue weighted by Crippen LogP contribution is -2.04. The van der Waals surface area contributed by atoms with Gasteiger partial charge in [0.25, 0.3) is 6.43 Å². The van der Waals surface area contributed by atoms with Crippen LogP contribution < -0.4 is 10.1 Å². The highest BCUT2D eigenvalue weighted by molar-refractivity contribution is 9.10. The van der Waals surface area contributed by atoms with Gasteiger partial charge in [0, 0.05) is 22.1 Å². The number of nitrogens with one attached hydrogen (secondary N) is 1. The lowest BCUT2D eigenvalue weighted by molar-refractivity contribution is 0.146. The molecule has 1 heterocycles. The maximum atomic E-state index is 13.0. The number of rotatable bonds is 5. The zero-order chi connectivity index (χ0) is 14.7. The molecule has 0 unspecified atom stereocenters. The molecule has 1 aromatic heterocycles. The predicted molar refractivity (Wildman–Crippen MR) is 79.7 cm³/mol. The third kappa shape index (κ3) is 2.85. The molecule has 0 radical (unpaired) electrons. The van der Waals surface area contributed by atoms with Gasteiger partial charge in [-0.15, -0.1) is 0 Å². The third-order valence-electron chi connectivity index (χ3n) is 2.90. The van der Waals surface area contributed by atoms with E-state index >= 15 is 0 Å². The standard InChI is InChI=1S/C14H15BrF2N2O/c1-3-6-18-9-7-10(14(16)17)19-13-11(20-2)5-4-8(15)12(9)13/h4-5,7,14H,3,6H2,1-2H3,(H,18,19). The fourth-order valence-corrected chi connectivity index (χ4v) is 2.51. The number of pyridine rings is 1. The summed E-state index contributed by atoms with van der Waals surface area (Å²) in [4.78, 5) is 4.03. The molecule has 3 nitrogen and oxygen atoms in total. The Morgan fingerprint density at radius 3 is 2.75 bits per heavy atom. The van der Waals surface area contributed by atoms with Gasteiger partial charge < -0.3 is 10.1 Å². The molecule has 2 rings (SSSR count). The van der Waals surface area contributed by atoms with E-state index in [2.05, 4.69) is 26.2 Å². The highest BCUT2D eigenvalue weighted by Gasteiger charge is 2.17. The average molecular weight is 345 g/mol. The summed E-state index contributed by atoms with van der Waals surface area (Å²) in [5, 5.41) is 3.92. The highest BCUT2D eigenvalue weighted by atomic mass is 79.9. The first-order chi connectivity index (χ1) is 9.58. The summed E-state index contributed by atoms with van der Waals surface area (Å²) in [7, 11) is 1.50. The van der Waals surface area contributed by atoms with Crippen molar-refractivity contribution in [3.63, 3.8) is 0 Å². The van der Waals surface area contributed by atoms with Crippen LogP contribution in [0.1, 0.15) is 25.5 Å². The van der Waals surface area contributed by atoms with Crippen LogP contribution in [0.5, 0.6) is 5.75 Å². The number of anilines is 1. The van der Waals surface area contributed by atoms with Crippen molar-refractivity contribution in [2.75, 3.05) is 19.0 Å². The Bertz CT molecular complexity index is 620. The first-order valence-corrected chi connectivity index (χ1v) is 7.07. The molecule has 1 aromatic carbocycles. The molecule has 0 aliphatic carbocycles. The lowest BCUT2D eigenvalue weighted by Gasteiger charge is -2.14.